The average molecular weight is 326 g/mol. The van der Waals surface area contributed by atoms with E-state index in [4.69, 9.17) is 4.42 Å². The second-order valence-corrected chi connectivity index (χ2v) is 6.09. The van der Waals surface area contributed by atoms with Crippen molar-refractivity contribution in [3.05, 3.63) is 60.1 Å². The molecule has 0 unspecified atom stereocenters. The summed E-state index contributed by atoms with van der Waals surface area (Å²) in [5, 5.41) is 2.99. The number of piperidine rings is 1. The molecule has 0 aliphatic carbocycles. The second kappa shape index (κ2) is 7.81. The van der Waals surface area contributed by atoms with Crippen LogP contribution in [0.1, 0.15) is 29.0 Å². The minimum Gasteiger partial charge on any atom is -0.459 e. The molecule has 0 bridgehead atoms. The van der Waals surface area contributed by atoms with Gasteiger partial charge in [-0.3, -0.25) is 9.59 Å². The number of likely N-dealkylation sites (tertiary alicyclic amines) is 1. The molecular weight excluding hydrogens is 304 g/mol. The molecule has 1 N–H and O–H groups in total. The lowest BCUT2D eigenvalue weighted by Gasteiger charge is -2.31. The van der Waals surface area contributed by atoms with E-state index >= 15 is 0 Å². The molecule has 2 amide bonds. The van der Waals surface area contributed by atoms with Gasteiger partial charge < -0.3 is 14.6 Å². The molecule has 2 heterocycles. The van der Waals surface area contributed by atoms with E-state index in [-0.39, 0.29) is 17.7 Å². The van der Waals surface area contributed by atoms with Crippen molar-refractivity contribution in [1.82, 2.24) is 10.2 Å². The Kier molecular flexibility index (Phi) is 5.31. The Hall–Kier alpha value is -2.56. The maximum Gasteiger partial charge on any atom is 0.289 e. The zero-order valence-corrected chi connectivity index (χ0v) is 13.6. The van der Waals surface area contributed by atoms with Gasteiger partial charge in [-0.15, -0.1) is 0 Å². The van der Waals surface area contributed by atoms with Gasteiger partial charge in [-0.2, -0.15) is 0 Å². The predicted molar refractivity (Wildman–Crippen MR) is 90.5 cm³/mol. The Morgan fingerprint density at radius 3 is 2.75 bits per heavy atom. The fourth-order valence-corrected chi connectivity index (χ4v) is 3.05. The molecule has 0 saturated carbocycles. The summed E-state index contributed by atoms with van der Waals surface area (Å²) in [5.41, 5.74) is 1.20. The smallest absolute Gasteiger partial charge is 0.289 e. The van der Waals surface area contributed by atoms with E-state index in [0.29, 0.717) is 25.4 Å². The van der Waals surface area contributed by atoms with Crippen LogP contribution in [-0.2, 0) is 11.2 Å². The van der Waals surface area contributed by atoms with Gasteiger partial charge in [0, 0.05) is 19.6 Å². The first-order valence-corrected chi connectivity index (χ1v) is 8.38. The summed E-state index contributed by atoms with van der Waals surface area (Å²) >= 11 is 0. The van der Waals surface area contributed by atoms with Crippen LogP contribution >= 0.6 is 0 Å². The van der Waals surface area contributed by atoms with Crippen LogP contribution in [-0.4, -0.2) is 36.3 Å². The van der Waals surface area contributed by atoms with Crippen molar-refractivity contribution < 1.29 is 14.0 Å². The minimum absolute atomic E-state index is 0.0304. The van der Waals surface area contributed by atoms with Gasteiger partial charge in [0.15, 0.2) is 5.76 Å². The maximum atomic E-state index is 12.4. The summed E-state index contributed by atoms with van der Waals surface area (Å²) in [5.74, 6) is 0.0817. The number of furan rings is 1. The lowest BCUT2D eigenvalue weighted by molar-refractivity contribution is -0.126. The topological polar surface area (TPSA) is 62.6 Å². The van der Waals surface area contributed by atoms with Crippen molar-refractivity contribution in [2.45, 2.75) is 19.3 Å². The van der Waals surface area contributed by atoms with Gasteiger partial charge in [-0.05, 0) is 37.0 Å². The molecule has 1 atom stereocenters. The zero-order chi connectivity index (χ0) is 16.8. The van der Waals surface area contributed by atoms with E-state index in [0.717, 1.165) is 19.3 Å². The molecule has 2 aromatic rings. The maximum absolute atomic E-state index is 12.4. The summed E-state index contributed by atoms with van der Waals surface area (Å²) < 4.78 is 5.17. The van der Waals surface area contributed by atoms with Crippen LogP contribution < -0.4 is 5.32 Å². The molecule has 5 heteroatoms. The zero-order valence-electron chi connectivity index (χ0n) is 13.6. The van der Waals surface area contributed by atoms with E-state index in [9.17, 15) is 9.59 Å². The third kappa shape index (κ3) is 4.04. The Balaban J connectivity index is 1.49. The van der Waals surface area contributed by atoms with Crippen LogP contribution in [0.3, 0.4) is 0 Å². The quantitative estimate of drug-likeness (QED) is 0.918. The molecule has 0 radical (unpaired) electrons. The van der Waals surface area contributed by atoms with Gasteiger partial charge in [0.05, 0.1) is 12.2 Å². The third-order valence-corrected chi connectivity index (χ3v) is 4.37. The summed E-state index contributed by atoms with van der Waals surface area (Å²) in [6.07, 6.45) is 3.96. The molecule has 3 rings (SSSR count). The van der Waals surface area contributed by atoms with Crippen molar-refractivity contribution in [3.8, 4) is 0 Å². The number of benzene rings is 1. The number of amides is 2. The van der Waals surface area contributed by atoms with Crippen molar-refractivity contribution in [3.63, 3.8) is 0 Å². The lowest BCUT2D eigenvalue weighted by atomic mass is 9.97. The van der Waals surface area contributed by atoms with Crippen LogP contribution in [0.2, 0.25) is 0 Å². The van der Waals surface area contributed by atoms with Crippen LogP contribution in [0.15, 0.2) is 53.1 Å². The van der Waals surface area contributed by atoms with Gasteiger partial charge in [0.25, 0.3) is 5.91 Å². The first kappa shape index (κ1) is 16.3. The fraction of sp³-hybridized carbons (Fsp3) is 0.368. The highest BCUT2D eigenvalue weighted by atomic mass is 16.3. The van der Waals surface area contributed by atoms with Gasteiger partial charge >= 0.3 is 0 Å². The standard InChI is InChI=1S/C19H22N2O3/c22-18(20-11-10-15-6-2-1-3-7-15)16-8-4-12-21(14-16)19(23)17-9-5-13-24-17/h1-3,5-7,9,13,16H,4,8,10-12,14H2,(H,20,22)/t16-/m0/s1. The molecule has 1 aromatic carbocycles. The SMILES string of the molecule is O=C(NCCc1ccccc1)[C@H]1CCCN(C(=O)c2ccco2)C1. The Bertz CT molecular complexity index is 667. The largest absolute Gasteiger partial charge is 0.459 e. The summed E-state index contributed by atoms with van der Waals surface area (Å²) in [6.45, 7) is 1.75. The number of carbonyl (C=O) groups excluding carboxylic acids is 2. The number of nitrogens with one attached hydrogen (secondary N) is 1. The fourth-order valence-electron chi connectivity index (χ4n) is 3.05. The molecule has 1 aromatic heterocycles. The van der Waals surface area contributed by atoms with E-state index in [2.05, 4.69) is 17.4 Å². The van der Waals surface area contributed by atoms with Crippen LogP contribution in [0, 0.1) is 5.92 Å². The number of rotatable bonds is 5. The molecule has 1 fully saturated rings. The summed E-state index contributed by atoms with van der Waals surface area (Å²) in [7, 11) is 0. The third-order valence-electron chi connectivity index (χ3n) is 4.37. The second-order valence-electron chi connectivity index (χ2n) is 6.09. The first-order valence-electron chi connectivity index (χ1n) is 8.38. The summed E-state index contributed by atoms with van der Waals surface area (Å²) in [4.78, 5) is 26.4. The van der Waals surface area contributed by atoms with Crippen molar-refractivity contribution in [2.24, 2.45) is 5.92 Å². The van der Waals surface area contributed by atoms with Gasteiger partial charge in [0.2, 0.25) is 5.91 Å². The molecule has 1 saturated heterocycles. The van der Waals surface area contributed by atoms with Gasteiger partial charge in [-0.1, -0.05) is 30.3 Å². The molecule has 126 valence electrons. The highest BCUT2D eigenvalue weighted by Crippen LogP contribution is 2.19. The minimum atomic E-state index is -0.145. The Morgan fingerprint density at radius 2 is 2.00 bits per heavy atom. The van der Waals surface area contributed by atoms with Crippen LogP contribution in [0.5, 0.6) is 0 Å². The summed E-state index contributed by atoms with van der Waals surface area (Å²) in [6, 6.07) is 13.4. The van der Waals surface area contributed by atoms with Gasteiger partial charge in [0.1, 0.15) is 0 Å². The van der Waals surface area contributed by atoms with Crippen LogP contribution in [0.25, 0.3) is 0 Å². The Morgan fingerprint density at radius 1 is 1.17 bits per heavy atom. The first-order chi connectivity index (χ1) is 11.7. The normalized spacial score (nSPS) is 17.5. The molecule has 1 aliphatic heterocycles. The predicted octanol–water partition coefficient (Wildman–Crippen LogP) is 2.49. The van der Waals surface area contributed by atoms with Crippen molar-refractivity contribution in [2.75, 3.05) is 19.6 Å². The number of nitrogens with zero attached hydrogens (tertiary/aromatic N) is 1. The average Bonchev–Trinajstić information content (AvgIpc) is 3.16. The van der Waals surface area contributed by atoms with E-state index in [1.807, 2.05) is 18.2 Å². The highest BCUT2D eigenvalue weighted by Gasteiger charge is 2.29. The molecular formula is C19H22N2O3. The molecule has 5 nitrogen and oxygen atoms in total. The lowest BCUT2D eigenvalue weighted by Crippen LogP contribution is -2.45. The van der Waals surface area contributed by atoms with E-state index in [1.165, 1.54) is 11.8 Å². The van der Waals surface area contributed by atoms with Crippen molar-refractivity contribution >= 4 is 11.8 Å². The van der Waals surface area contributed by atoms with E-state index in [1.54, 1.807) is 17.0 Å². The molecule has 24 heavy (non-hydrogen) atoms. The van der Waals surface area contributed by atoms with Crippen LogP contribution in [0.4, 0.5) is 0 Å². The molecule has 0 spiro atoms. The Labute approximate surface area is 141 Å². The highest BCUT2D eigenvalue weighted by molar-refractivity contribution is 5.92. The molecule has 1 aliphatic rings. The number of hydrogen-bond donors (Lipinski definition) is 1. The number of carbonyl (C=O) groups is 2. The van der Waals surface area contributed by atoms with Gasteiger partial charge in [-0.25, -0.2) is 0 Å². The van der Waals surface area contributed by atoms with E-state index < -0.39 is 0 Å². The van der Waals surface area contributed by atoms with Crippen molar-refractivity contribution in [1.29, 1.82) is 0 Å². The number of hydrogen-bond acceptors (Lipinski definition) is 3. The monoisotopic (exact) mass is 326 g/mol.